The lowest BCUT2D eigenvalue weighted by Crippen LogP contribution is -2.29. The Bertz CT molecular complexity index is 1050. The normalized spacial score (nSPS) is 22.4. The Morgan fingerprint density at radius 2 is 1.84 bits per heavy atom. The molecule has 176 valence electrons. The zero-order chi connectivity index (χ0) is 23.2. The summed E-state index contributed by atoms with van der Waals surface area (Å²) in [5.41, 5.74) is 1.41. The molecule has 0 radical (unpaired) electrons. The molecule has 0 aromatic carbocycles. The highest BCUT2D eigenvalue weighted by atomic mass is 16.7. The van der Waals surface area contributed by atoms with Gasteiger partial charge in [0.15, 0.2) is 11.5 Å². The first-order valence-electron chi connectivity index (χ1n) is 11.4. The number of carbonyl (C=O) groups is 1. The summed E-state index contributed by atoms with van der Waals surface area (Å²) in [5, 5.41) is 6.73. The number of amides is 1. The van der Waals surface area contributed by atoms with Crippen molar-refractivity contribution in [3.05, 3.63) is 33.1 Å². The number of nitrogens with one attached hydrogen (secondary N) is 1. The number of hydrogen-bond acceptors (Lipinski definition) is 6. The number of nitrogens with zero attached hydrogens (tertiary/aromatic N) is 3. The molecule has 2 fully saturated rings. The Morgan fingerprint density at radius 3 is 2.47 bits per heavy atom. The van der Waals surface area contributed by atoms with Gasteiger partial charge in [-0.25, -0.2) is 4.68 Å². The molecule has 1 saturated heterocycles. The molecule has 2 atom stereocenters. The number of hydrogen-bond donors (Lipinski definition) is 1. The van der Waals surface area contributed by atoms with Crippen LogP contribution in [0.5, 0.6) is 0 Å². The van der Waals surface area contributed by atoms with Crippen molar-refractivity contribution in [1.82, 2.24) is 14.5 Å². The monoisotopic (exact) mass is 446 g/mol. The van der Waals surface area contributed by atoms with Crippen molar-refractivity contribution in [1.29, 1.82) is 0 Å². The molecule has 9 heteroatoms. The van der Waals surface area contributed by atoms with Gasteiger partial charge in [0.2, 0.25) is 6.29 Å². The quantitative estimate of drug-likeness (QED) is 0.762. The first-order valence-corrected chi connectivity index (χ1v) is 11.4. The minimum absolute atomic E-state index is 0.0774. The summed E-state index contributed by atoms with van der Waals surface area (Å²) in [6.45, 7) is 10.3. The van der Waals surface area contributed by atoms with Crippen LogP contribution in [0.2, 0.25) is 0 Å². The van der Waals surface area contributed by atoms with Gasteiger partial charge in [-0.15, -0.1) is 0 Å². The van der Waals surface area contributed by atoms with Crippen LogP contribution in [-0.4, -0.2) is 33.1 Å². The zero-order valence-corrected chi connectivity index (χ0v) is 19.9. The van der Waals surface area contributed by atoms with E-state index in [0.717, 1.165) is 25.7 Å². The third kappa shape index (κ3) is 4.03. The van der Waals surface area contributed by atoms with E-state index in [9.17, 15) is 9.59 Å². The van der Waals surface area contributed by atoms with Crippen LogP contribution >= 0.6 is 0 Å². The predicted molar refractivity (Wildman–Crippen MR) is 119 cm³/mol. The summed E-state index contributed by atoms with van der Waals surface area (Å²) >= 11 is 0. The van der Waals surface area contributed by atoms with Crippen molar-refractivity contribution < 1.29 is 18.8 Å². The minimum atomic E-state index is -0.699. The van der Waals surface area contributed by atoms with Crippen LogP contribution in [0.25, 0.3) is 0 Å². The third-order valence-electron chi connectivity index (χ3n) is 6.79. The molecule has 9 nitrogen and oxygen atoms in total. The second-order valence-corrected chi connectivity index (χ2v) is 10.1. The first kappa shape index (κ1) is 22.8. The molecule has 2 aliphatic rings. The molecule has 1 saturated carbocycles. The van der Waals surface area contributed by atoms with Crippen LogP contribution in [-0.2, 0) is 16.5 Å². The van der Waals surface area contributed by atoms with Crippen LogP contribution in [0.1, 0.15) is 92.7 Å². The molecule has 0 spiro atoms. The molecule has 1 aliphatic carbocycles. The van der Waals surface area contributed by atoms with Crippen LogP contribution in [0.3, 0.4) is 0 Å². The largest absolute Gasteiger partial charge is 0.355 e. The van der Waals surface area contributed by atoms with Crippen LogP contribution in [0.15, 0.2) is 9.32 Å². The molecule has 1 aliphatic heterocycles. The number of rotatable bonds is 4. The standard InChI is InChI=1S/C23H34N4O5/c1-13-17(25-32-19(13)22-30-12-16(31-22)23(3,4)5)20(28)24-18-14(2)26(6)27(21(18)29)15-10-8-7-9-11-15/h15-16,22H,7-12H2,1-6H3,(H,24,28)/t16-,22-/m1/s1. The Morgan fingerprint density at radius 1 is 1.16 bits per heavy atom. The van der Waals surface area contributed by atoms with Gasteiger partial charge in [-0.1, -0.05) is 45.2 Å². The lowest BCUT2D eigenvalue weighted by atomic mass is 9.90. The second kappa shape index (κ2) is 8.51. The molecular formula is C23H34N4O5. The Labute approximate surface area is 188 Å². The van der Waals surface area contributed by atoms with Crippen molar-refractivity contribution in [3.8, 4) is 0 Å². The maximum atomic E-state index is 13.1. The van der Waals surface area contributed by atoms with E-state index in [-0.39, 0.29) is 34.5 Å². The summed E-state index contributed by atoms with van der Waals surface area (Å²) in [5.74, 6) is -0.101. The van der Waals surface area contributed by atoms with Crippen molar-refractivity contribution >= 4 is 11.6 Å². The van der Waals surface area contributed by atoms with E-state index in [1.165, 1.54) is 6.42 Å². The fourth-order valence-corrected chi connectivity index (χ4v) is 4.56. The van der Waals surface area contributed by atoms with E-state index in [1.807, 2.05) is 18.7 Å². The topological polar surface area (TPSA) is 101 Å². The van der Waals surface area contributed by atoms with Gasteiger partial charge in [-0.05, 0) is 32.1 Å². The number of ether oxygens (including phenoxy) is 2. The maximum Gasteiger partial charge on any atom is 0.291 e. The Hall–Kier alpha value is -2.39. The van der Waals surface area contributed by atoms with E-state index in [4.69, 9.17) is 14.0 Å². The lowest BCUT2D eigenvalue weighted by molar-refractivity contribution is -0.0930. The van der Waals surface area contributed by atoms with Crippen LogP contribution < -0.4 is 10.9 Å². The molecule has 2 aromatic rings. The lowest BCUT2D eigenvalue weighted by Gasteiger charge is -2.24. The Balaban J connectivity index is 1.54. The molecule has 0 unspecified atom stereocenters. The van der Waals surface area contributed by atoms with Crippen molar-refractivity contribution in [2.24, 2.45) is 12.5 Å². The van der Waals surface area contributed by atoms with E-state index in [2.05, 4.69) is 31.2 Å². The second-order valence-electron chi connectivity index (χ2n) is 10.1. The van der Waals surface area contributed by atoms with Crippen molar-refractivity contribution in [2.45, 2.75) is 85.2 Å². The SMILES string of the molecule is Cc1c(C(=O)Nc2c(C)n(C)n(C3CCCCC3)c2=O)noc1[C@@H]1OC[C@H](C(C)(C)C)O1. The van der Waals surface area contributed by atoms with Crippen molar-refractivity contribution in [3.63, 3.8) is 0 Å². The van der Waals surface area contributed by atoms with E-state index in [1.54, 1.807) is 11.6 Å². The maximum absolute atomic E-state index is 13.1. The smallest absolute Gasteiger partial charge is 0.291 e. The minimum Gasteiger partial charge on any atom is -0.355 e. The number of anilines is 1. The molecule has 3 heterocycles. The predicted octanol–water partition coefficient (Wildman–Crippen LogP) is 4.01. The molecule has 1 amide bonds. The highest BCUT2D eigenvalue weighted by Crippen LogP contribution is 2.37. The highest BCUT2D eigenvalue weighted by Gasteiger charge is 2.39. The summed E-state index contributed by atoms with van der Waals surface area (Å²) < 4.78 is 20.8. The molecule has 4 rings (SSSR count). The van der Waals surface area contributed by atoms with Gasteiger partial charge in [0.25, 0.3) is 11.5 Å². The van der Waals surface area contributed by atoms with Crippen LogP contribution in [0.4, 0.5) is 5.69 Å². The fraction of sp³-hybridized carbons (Fsp3) is 0.696. The molecule has 1 N–H and O–H groups in total. The van der Waals surface area contributed by atoms with Gasteiger partial charge < -0.3 is 19.3 Å². The van der Waals surface area contributed by atoms with Gasteiger partial charge >= 0.3 is 0 Å². The fourth-order valence-electron chi connectivity index (χ4n) is 4.56. The average Bonchev–Trinajstić information content (AvgIpc) is 3.43. The van der Waals surface area contributed by atoms with Crippen LogP contribution in [0, 0.1) is 19.3 Å². The molecule has 2 aromatic heterocycles. The van der Waals surface area contributed by atoms with E-state index in [0.29, 0.717) is 23.6 Å². The molecular weight excluding hydrogens is 412 g/mol. The van der Waals surface area contributed by atoms with Gasteiger partial charge in [0.1, 0.15) is 5.69 Å². The Kier molecular flexibility index (Phi) is 6.06. The number of aromatic nitrogens is 3. The summed E-state index contributed by atoms with van der Waals surface area (Å²) in [4.78, 5) is 26.2. The molecule has 32 heavy (non-hydrogen) atoms. The van der Waals surface area contributed by atoms with Gasteiger partial charge in [-0.2, -0.15) is 0 Å². The van der Waals surface area contributed by atoms with Gasteiger partial charge in [0.05, 0.1) is 24.4 Å². The molecule has 0 bridgehead atoms. The highest BCUT2D eigenvalue weighted by molar-refractivity contribution is 6.04. The summed E-state index contributed by atoms with van der Waals surface area (Å²) in [6, 6.07) is 0.165. The van der Waals surface area contributed by atoms with E-state index >= 15 is 0 Å². The van der Waals surface area contributed by atoms with E-state index < -0.39 is 12.2 Å². The number of carbonyl (C=O) groups excluding carboxylic acids is 1. The van der Waals surface area contributed by atoms with Crippen molar-refractivity contribution in [2.75, 3.05) is 11.9 Å². The first-order chi connectivity index (χ1) is 15.1. The zero-order valence-electron chi connectivity index (χ0n) is 19.9. The van der Waals surface area contributed by atoms with Gasteiger partial charge in [-0.3, -0.25) is 14.3 Å². The summed E-state index contributed by atoms with van der Waals surface area (Å²) in [7, 11) is 1.86. The third-order valence-corrected chi connectivity index (χ3v) is 6.79. The average molecular weight is 447 g/mol. The summed E-state index contributed by atoms with van der Waals surface area (Å²) in [6.07, 6.45) is 4.61. The van der Waals surface area contributed by atoms with Gasteiger partial charge in [0, 0.05) is 12.6 Å².